The molecule has 1 amide bonds. The second-order valence-corrected chi connectivity index (χ2v) is 1.95. The van der Waals surface area contributed by atoms with Crippen LogP contribution in [-0.2, 0) is 4.79 Å². The minimum atomic E-state index is -0.101. The predicted molar refractivity (Wildman–Crippen MR) is 49.0 cm³/mol. The molecule has 0 unspecified atom stereocenters. The van der Waals surface area contributed by atoms with Crippen molar-refractivity contribution >= 4 is 18.3 Å². The molecule has 66 valence electrons. The number of halogens is 1. The van der Waals surface area contributed by atoms with Gasteiger partial charge < -0.3 is 10.6 Å². The molecule has 0 aliphatic heterocycles. The molecule has 0 aromatic rings. The van der Waals surface area contributed by atoms with Gasteiger partial charge in [-0.2, -0.15) is 0 Å². The Morgan fingerprint density at radius 1 is 1.55 bits per heavy atom. The molecule has 0 radical (unpaired) electrons. The summed E-state index contributed by atoms with van der Waals surface area (Å²) in [6, 6.07) is 0. The van der Waals surface area contributed by atoms with Crippen molar-refractivity contribution < 1.29 is 4.79 Å². The molecule has 0 fully saturated rings. The van der Waals surface area contributed by atoms with Gasteiger partial charge in [-0.25, -0.2) is 0 Å². The van der Waals surface area contributed by atoms with Gasteiger partial charge in [-0.15, -0.1) is 12.4 Å². The summed E-state index contributed by atoms with van der Waals surface area (Å²) in [4.78, 5) is 10.5. The molecule has 0 bridgehead atoms. The topological polar surface area (TPSA) is 41.1 Å². The van der Waals surface area contributed by atoms with Gasteiger partial charge in [0.2, 0.25) is 5.91 Å². The zero-order chi connectivity index (χ0) is 7.82. The first kappa shape index (κ1) is 13.1. The van der Waals surface area contributed by atoms with Gasteiger partial charge in [0.05, 0.1) is 0 Å². The summed E-state index contributed by atoms with van der Waals surface area (Å²) in [5.41, 5.74) is 0. The number of hydrogen-bond acceptors (Lipinski definition) is 2. The number of nitrogens with one attached hydrogen (secondary N) is 2. The fourth-order valence-electron chi connectivity index (χ4n) is 0.549. The van der Waals surface area contributed by atoms with Crippen molar-refractivity contribution in [2.75, 3.05) is 20.1 Å². The monoisotopic (exact) mass is 178 g/mol. The summed E-state index contributed by atoms with van der Waals surface area (Å²) in [6.45, 7) is 4.97. The first-order valence-electron chi connectivity index (χ1n) is 3.36. The highest BCUT2D eigenvalue weighted by molar-refractivity contribution is 5.86. The molecule has 0 spiro atoms. The largest absolute Gasteiger partial charge is 0.353 e. The van der Waals surface area contributed by atoms with Crippen LogP contribution >= 0.6 is 12.4 Å². The van der Waals surface area contributed by atoms with E-state index in [1.165, 1.54) is 6.08 Å². The van der Waals surface area contributed by atoms with Crippen molar-refractivity contribution in [3.63, 3.8) is 0 Å². The Morgan fingerprint density at radius 3 is 2.64 bits per heavy atom. The van der Waals surface area contributed by atoms with Gasteiger partial charge in [-0.3, -0.25) is 4.79 Å². The lowest BCUT2D eigenvalue weighted by Crippen LogP contribution is -2.24. The third-order valence-electron chi connectivity index (χ3n) is 1.09. The Labute approximate surface area is 73.7 Å². The highest BCUT2D eigenvalue weighted by Crippen LogP contribution is 1.72. The maximum atomic E-state index is 10.5. The molecule has 0 saturated heterocycles. The second-order valence-electron chi connectivity index (χ2n) is 1.95. The number of amides is 1. The highest BCUT2D eigenvalue weighted by atomic mass is 35.5. The molecule has 2 N–H and O–H groups in total. The SMILES string of the molecule is C=CC(=O)NCCCNC.Cl. The zero-order valence-corrected chi connectivity index (χ0v) is 7.54. The first-order valence-corrected chi connectivity index (χ1v) is 3.36. The van der Waals surface area contributed by atoms with Crippen LogP contribution in [0.2, 0.25) is 0 Å². The molecular weight excluding hydrogens is 164 g/mol. The predicted octanol–water partition coefficient (Wildman–Crippen LogP) is 0.320. The van der Waals surface area contributed by atoms with Gasteiger partial charge in [-0.1, -0.05) is 6.58 Å². The summed E-state index contributed by atoms with van der Waals surface area (Å²) in [6.07, 6.45) is 2.23. The van der Waals surface area contributed by atoms with Gasteiger partial charge in [0, 0.05) is 6.54 Å². The molecule has 11 heavy (non-hydrogen) atoms. The van der Waals surface area contributed by atoms with Crippen LogP contribution in [0.5, 0.6) is 0 Å². The molecule has 3 nitrogen and oxygen atoms in total. The van der Waals surface area contributed by atoms with Crippen molar-refractivity contribution in [3.05, 3.63) is 12.7 Å². The van der Waals surface area contributed by atoms with Crippen LogP contribution in [0.15, 0.2) is 12.7 Å². The Hall–Kier alpha value is -0.540. The van der Waals surface area contributed by atoms with Crippen LogP contribution in [0.4, 0.5) is 0 Å². The van der Waals surface area contributed by atoms with E-state index in [2.05, 4.69) is 17.2 Å². The molecule has 0 saturated carbocycles. The lowest BCUT2D eigenvalue weighted by Gasteiger charge is -1.99. The Morgan fingerprint density at radius 2 is 2.18 bits per heavy atom. The van der Waals surface area contributed by atoms with E-state index in [4.69, 9.17) is 0 Å². The van der Waals surface area contributed by atoms with E-state index >= 15 is 0 Å². The molecule has 0 atom stereocenters. The third-order valence-corrected chi connectivity index (χ3v) is 1.09. The van der Waals surface area contributed by atoms with E-state index in [1.54, 1.807) is 0 Å². The summed E-state index contributed by atoms with van der Waals surface area (Å²) in [5, 5.41) is 5.65. The standard InChI is InChI=1S/C7H14N2O.ClH/c1-3-7(10)9-6-4-5-8-2;/h3,8H,1,4-6H2,2H3,(H,9,10);1H. The van der Waals surface area contributed by atoms with E-state index in [1.807, 2.05) is 7.05 Å². The van der Waals surface area contributed by atoms with E-state index in [-0.39, 0.29) is 18.3 Å². The van der Waals surface area contributed by atoms with E-state index < -0.39 is 0 Å². The molecule has 0 rings (SSSR count). The van der Waals surface area contributed by atoms with Crippen molar-refractivity contribution in [3.8, 4) is 0 Å². The van der Waals surface area contributed by atoms with Crippen molar-refractivity contribution in [1.82, 2.24) is 10.6 Å². The van der Waals surface area contributed by atoms with E-state index in [0.29, 0.717) is 6.54 Å². The second kappa shape index (κ2) is 9.46. The highest BCUT2D eigenvalue weighted by Gasteiger charge is 1.90. The van der Waals surface area contributed by atoms with Crippen LogP contribution in [0.1, 0.15) is 6.42 Å². The van der Waals surface area contributed by atoms with Gasteiger partial charge in [0.25, 0.3) is 0 Å². The number of carbonyl (C=O) groups excluding carboxylic acids is 1. The smallest absolute Gasteiger partial charge is 0.243 e. The maximum Gasteiger partial charge on any atom is 0.243 e. The summed E-state index contributed by atoms with van der Waals surface area (Å²) >= 11 is 0. The Kier molecular flexibility index (Phi) is 11.2. The van der Waals surface area contributed by atoms with Crippen LogP contribution in [0, 0.1) is 0 Å². The summed E-state index contributed by atoms with van der Waals surface area (Å²) in [5.74, 6) is -0.101. The molecular formula is C7H15ClN2O. The quantitative estimate of drug-likeness (QED) is 0.471. The molecule has 0 aliphatic carbocycles. The minimum Gasteiger partial charge on any atom is -0.353 e. The lowest BCUT2D eigenvalue weighted by molar-refractivity contribution is -0.116. The average Bonchev–Trinajstić information content (AvgIpc) is 1.98. The van der Waals surface area contributed by atoms with Crippen molar-refractivity contribution in [2.45, 2.75) is 6.42 Å². The molecule has 0 aromatic heterocycles. The lowest BCUT2D eigenvalue weighted by atomic mass is 10.4. The maximum absolute atomic E-state index is 10.5. The van der Waals surface area contributed by atoms with Crippen LogP contribution in [0.25, 0.3) is 0 Å². The number of hydrogen-bond donors (Lipinski definition) is 2. The van der Waals surface area contributed by atoms with Crippen LogP contribution in [-0.4, -0.2) is 26.0 Å². The summed E-state index contributed by atoms with van der Waals surface area (Å²) in [7, 11) is 1.88. The van der Waals surface area contributed by atoms with E-state index in [9.17, 15) is 4.79 Å². The zero-order valence-electron chi connectivity index (χ0n) is 6.72. The normalized spacial score (nSPS) is 8.09. The average molecular weight is 179 g/mol. The molecule has 4 heteroatoms. The van der Waals surface area contributed by atoms with Crippen molar-refractivity contribution in [2.24, 2.45) is 0 Å². The van der Waals surface area contributed by atoms with Crippen LogP contribution < -0.4 is 10.6 Å². The Bertz CT molecular complexity index is 117. The number of carbonyl (C=O) groups is 1. The fourth-order valence-corrected chi connectivity index (χ4v) is 0.549. The van der Waals surface area contributed by atoms with Gasteiger partial charge in [0.15, 0.2) is 0 Å². The minimum absolute atomic E-state index is 0. The van der Waals surface area contributed by atoms with Crippen LogP contribution in [0.3, 0.4) is 0 Å². The third kappa shape index (κ3) is 9.46. The van der Waals surface area contributed by atoms with Gasteiger partial charge in [0.1, 0.15) is 0 Å². The van der Waals surface area contributed by atoms with Crippen molar-refractivity contribution in [1.29, 1.82) is 0 Å². The van der Waals surface area contributed by atoms with E-state index in [0.717, 1.165) is 13.0 Å². The molecule has 0 aliphatic rings. The first-order chi connectivity index (χ1) is 4.81. The van der Waals surface area contributed by atoms with Gasteiger partial charge in [-0.05, 0) is 26.1 Å². The molecule has 0 heterocycles. The Balaban J connectivity index is 0. The van der Waals surface area contributed by atoms with Gasteiger partial charge >= 0.3 is 0 Å². The summed E-state index contributed by atoms with van der Waals surface area (Å²) < 4.78 is 0. The fraction of sp³-hybridized carbons (Fsp3) is 0.571. The molecule has 0 aromatic carbocycles. The number of rotatable bonds is 5.